The zero-order valence-electron chi connectivity index (χ0n) is 12.8. The predicted molar refractivity (Wildman–Crippen MR) is 89.7 cm³/mol. The van der Waals surface area contributed by atoms with Gasteiger partial charge in [0.2, 0.25) is 0 Å². The van der Waals surface area contributed by atoms with E-state index >= 15 is 0 Å². The number of anilines is 1. The van der Waals surface area contributed by atoms with Gasteiger partial charge in [-0.15, -0.1) is 11.3 Å². The summed E-state index contributed by atoms with van der Waals surface area (Å²) in [6.07, 6.45) is 1.10. The number of hydrogen-bond donors (Lipinski definition) is 1. The monoisotopic (exact) mass is 302 g/mol. The molecule has 1 atom stereocenters. The van der Waals surface area contributed by atoms with Crippen molar-refractivity contribution < 1.29 is 4.79 Å². The van der Waals surface area contributed by atoms with Gasteiger partial charge in [-0.2, -0.15) is 0 Å². The van der Waals surface area contributed by atoms with Gasteiger partial charge < -0.3 is 10.6 Å². The zero-order valence-corrected chi connectivity index (χ0v) is 13.7. The molecule has 1 aromatic heterocycles. The highest BCUT2D eigenvalue weighted by molar-refractivity contribution is 7.20. The molecule has 2 heterocycles. The van der Waals surface area contributed by atoms with Crippen LogP contribution in [0.15, 0.2) is 24.3 Å². The highest BCUT2D eigenvalue weighted by atomic mass is 32.1. The minimum atomic E-state index is 0.168. The van der Waals surface area contributed by atoms with E-state index in [1.165, 1.54) is 0 Å². The number of carbonyl (C=O) groups is 1. The molecule has 0 radical (unpaired) electrons. The third-order valence-electron chi connectivity index (χ3n) is 4.45. The van der Waals surface area contributed by atoms with E-state index < -0.39 is 0 Å². The number of nitrogens with two attached hydrogens (primary N) is 1. The van der Waals surface area contributed by atoms with Crippen LogP contribution in [-0.2, 0) is 0 Å². The fourth-order valence-electron chi connectivity index (χ4n) is 2.97. The van der Waals surface area contributed by atoms with E-state index in [9.17, 15) is 4.79 Å². The average Bonchev–Trinajstić information content (AvgIpc) is 3.03. The van der Waals surface area contributed by atoms with Crippen LogP contribution in [0.25, 0.3) is 10.1 Å². The summed E-state index contributed by atoms with van der Waals surface area (Å²) in [7, 11) is 0. The maximum Gasteiger partial charge on any atom is 0.263 e. The molecule has 4 heteroatoms. The van der Waals surface area contributed by atoms with Gasteiger partial charge in [0.25, 0.3) is 5.91 Å². The summed E-state index contributed by atoms with van der Waals surface area (Å²) in [4.78, 5) is 15.5. The Morgan fingerprint density at radius 1 is 1.33 bits per heavy atom. The molecular weight excluding hydrogens is 280 g/mol. The molecular formula is C17H22N2OS. The Labute approximate surface area is 129 Å². The van der Waals surface area contributed by atoms with E-state index in [0.717, 1.165) is 40.2 Å². The molecule has 2 aromatic rings. The Hall–Kier alpha value is -1.55. The first kappa shape index (κ1) is 14.4. The van der Waals surface area contributed by atoms with Crippen molar-refractivity contribution in [2.24, 2.45) is 11.3 Å². The quantitative estimate of drug-likeness (QED) is 0.810. The number of amides is 1. The maximum atomic E-state index is 12.7. The lowest BCUT2D eigenvalue weighted by molar-refractivity contribution is 0.0781. The molecule has 1 fully saturated rings. The molecule has 0 bridgehead atoms. The number of nitrogens with zero attached hydrogens (tertiary/aromatic N) is 1. The summed E-state index contributed by atoms with van der Waals surface area (Å²) >= 11 is 1.56. The topological polar surface area (TPSA) is 46.3 Å². The van der Waals surface area contributed by atoms with E-state index in [4.69, 9.17) is 5.73 Å². The highest BCUT2D eigenvalue weighted by Gasteiger charge is 2.34. The van der Waals surface area contributed by atoms with Gasteiger partial charge in [-0.3, -0.25) is 4.79 Å². The van der Waals surface area contributed by atoms with E-state index in [1.807, 2.05) is 29.2 Å². The third-order valence-corrected chi connectivity index (χ3v) is 5.56. The molecule has 112 valence electrons. The van der Waals surface area contributed by atoms with Gasteiger partial charge in [0.15, 0.2) is 0 Å². The van der Waals surface area contributed by atoms with Crippen LogP contribution >= 0.6 is 11.3 Å². The van der Waals surface area contributed by atoms with Crippen LogP contribution in [0, 0.1) is 11.3 Å². The number of carbonyl (C=O) groups excluding carboxylic acids is 1. The molecule has 21 heavy (non-hydrogen) atoms. The standard InChI is InChI=1S/C17H22N2OS/c1-17(2,3)12-6-7-19(10-12)16(20)15-9-11-8-13(18)4-5-14(11)21-15/h4-5,8-9,12H,6-7,10,18H2,1-3H3. The van der Waals surface area contributed by atoms with Crippen LogP contribution in [-0.4, -0.2) is 23.9 Å². The molecule has 1 saturated heterocycles. The van der Waals surface area contributed by atoms with Crippen molar-refractivity contribution in [2.75, 3.05) is 18.8 Å². The lowest BCUT2D eigenvalue weighted by Crippen LogP contribution is -2.30. The maximum absolute atomic E-state index is 12.7. The molecule has 0 aliphatic carbocycles. The molecule has 1 aliphatic rings. The SMILES string of the molecule is CC(C)(C)C1CCN(C(=O)c2cc3cc(N)ccc3s2)C1. The number of rotatable bonds is 1. The minimum Gasteiger partial charge on any atom is -0.399 e. The molecule has 1 aromatic carbocycles. The fraction of sp³-hybridized carbons (Fsp3) is 0.471. The number of nitrogen functional groups attached to an aromatic ring is 1. The van der Waals surface area contributed by atoms with Crippen LogP contribution < -0.4 is 5.73 Å². The van der Waals surface area contributed by atoms with Crippen LogP contribution in [0.1, 0.15) is 36.9 Å². The van der Waals surface area contributed by atoms with Crippen molar-refractivity contribution in [3.63, 3.8) is 0 Å². The summed E-state index contributed by atoms with van der Waals surface area (Å²) in [6, 6.07) is 7.79. The fourth-order valence-corrected chi connectivity index (χ4v) is 3.99. The largest absolute Gasteiger partial charge is 0.399 e. The molecule has 1 aliphatic heterocycles. The number of thiophene rings is 1. The van der Waals surface area contributed by atoms with Crippen molar-refractivity contribution >= 4 is 33.0 Å². The molecule has 0 saturated carbocycles. The van der Waals surface area contributed by atoms with E-state index in [1.54, 1.807) is 11.3 Å². The second-order valence-corrected chi connectivity index (χ2v) is 8.09. The van der Waals surface area contributed by atoms with Crippen LogP contribution in [0.3, 0.4) is 0 Å². The van der Waals surface area contributed by atoms with E-state index in [-0.39, 0.29) is 11.3 Å². The summed E-state index contributed by atoms with van der Waals surface area (Å²) in [5, 5.41) is 1.06. The van der Waals surface area contributed by atoms with Crippen molar-refractivity contribution in [3.8, 4) is 0 Å². The second kappa shape index (κ2) is 5.02. The normalized spacial score (nSPS) is 19.4. The number of likely N-dealkylation sites (tertiary alicyclic amines) is 1. The number of benzene rings is 1. The lowest BCUT2D eigenvalue weighted by Gasteiger charge is -2.26. The Morgan fingerprint density at radius 2 is 2.10 bits per heavy atom. The Balaban J connectivity index is 1.81. The van der Waals surface area contributed by atoms with Crippen molar-refractivity contribution in [1.29, 1.82) is 0 Å². The zero-order chi connectivity index (χ0) is 15.2. The van der Waals surface area contributed by atoms with Crippen molar-refractivity contribution in [3.05, 3.63) is 29.1 Å². The van der Waals surface area contributed by atoms with Crippen LogP contribution in [0.2, 0.25) is 0 Å². The summed E-state index contributed by atoms with van der Waals surface area (Å²) in [5.74, 6) is 0.757. The van der Waals surface area contributed by atoms with Gasteiger partial charge in [-0.1, -0.05) is 20.8 Å². The summed E-state index contributed by atoms with van der Waals surface area (Å²) in [6.45, 7) is 8.52. The summed E-state index contributed by atoms with van der Waals surface area (Å²) < 4.78 is 1.12. The van der Waals surface area contributed by atoms with Crippen molar-refractivity contribution in [1.82, 2.24) is 4.90 Å². The smallest absolute Gasteiger partial charge is 0.263 e. The molecule has 3 rings (SSSR count). The van der Waals surface area contributed by atoms with E-state index in [0.29, 0.717) is 5.92 Å². The Bertz CT molecular complexity index is 684. The van der Waals surface area contributed by atoms with Crippen LogP contribution in [0.4, 0.5) is 5.69 Å². The second-order valence-electron chi connectivity index (χ2n) is 7.01. The van der Waals surface area contributed by atoms with Crippen molar-refractivity contribution in [2.45, 2.75) is 27.2 Å². The molecule has 2 N–H and O–H groups in total. The van der Waals surface area contributed by atoms with Gasteiger partial charge in [0, 0.05) is 23.5 Å². The molecule has 1 amide bonds. The molecule has 1 unspecified atom stereocenters. The Kier molecular flexibility index (Phi) is 3.44. The minimum absolute atomic E-state index is 0.168. The number of hydrogen-bond acceptors (Lipinski definition) is 3. The highest BCUT2D eigenvalue weighted by Crippen LogP contribution is 2.35. The van der Waals surface area contributed by atoms with Gasteiger partial charge in [0.05, 0.1) is 4.88 Å². The van der Waals surface area contributed by atoms with E-state index in [2.05, 4.69) is 20.8 Å². The Morgan fingerprint density at radius 3 is 2.76 bits per heavy atom. The molecule has 3 nitrogen and oxygen atoms in total. The predicted octanol–water partition coefficient (Wildman–Crippen LogP) is 3.99. The first-order valence-electron chi connectivity index (χ1n) is 7.43. The lowest BCUT2D eigenvalue weighted by atomic mass is 9.80. The molecule has 0 spiro atoms. The number of fused-ring (bicyclic) bond motifs is 1. The van der Waals surface area contributed by atoms with Crippen LogP contribution in [0.5, 0.6) is 0 Å². The van der Waals surface area contributed by atoms with Gasteiger partial charge in [-0.25, -0.2) is 0 Å². The average molecular weight is 302 g/mol. The van der Waals surface area contributed by atoms with Gasteiger partial charge in [-0.05, 0) is 47.4 Å². The first-order chi connectivity index (χ1) is 9.84. The summed E-state index contributed by atoms with van der Waals surface area (Å²) in [5.41, 5.74) is 6.82. The first-order valence-corrected chi connectivity index (χ1v) is 8.24. The van der Waals surface area contributed by atoms with Gasteiger partial charge in [0.1, 0.15) is 0 Å². The van der Waals surface area contributed by atoms with Gasteiger partial charge >= 0.3 is 0 Å². The third kappa shape index (κ3) is 2.77.